The Morgan fingerprint density at radius 3 is 2.23 bits per heavy atom. The number of carbonyl (C=O) groups is 7. The van der Waals surface area contributed by atoms with Gasteiger partial charge in [0.1, 0.15) is 18.3 Å². The Hall–Kier alpha value is -7.39. The molecule has 2 aliphatic rings. The number of hydrogen-bond acceptors (Lipinski definition) is 15. The van der Waals surface area contributed by atoms with Crippen LogP contribution >= 0.6 is 0 Å². The molecule has 0 aliphatic carbocycles. The van der Waals surface area contributed by atoms with Gasteiger partial charge in [-0.3, -0.25) is 53.3 Å². The number of aromatic nitrogens is 4. The van der Waals surface area contributed by atoms with Crippen molar-refractivity contribution in [3.05, 3.63) is 84.3 Å². The van der Waals surface area contributed by atoms with E-state index in [0.717, 1.165) is 59.8 Å². The van der Waals surface area contributed by atoms with Crippen LogP contribution in [-0.2, 0) is 51.3 Å². The smallest absolute Gasteiger partial charge is 0.253 e. The molecule has 21 heteroatoms. The number of hydrogen-bond donors (Lipinski definition) is 7. The van der Waals surface area contributed by atoms with Crippen molar-refractivity contribution in [1.82, 2.24) is 56.3 Å². The number of imide groups is 1. The van der Waals surface area contributed by atoms with E-state index < -0.39 is 48.3 Å². The minimum atomic E-state index is -1.09. The molecule has 6 rings (SSSR count). The van der Waals surface area contributed by atoms with Crippen LogP contribution in [0.25, 0.3) is 22.2 Å². The first-order valence-corrected chi connectivity index (χ1v) is 24.2. The van der Waals surface area contributed by atoms with Gasteiger partial charge in [-0.15, -0.1) is 0 Å². The average molecular weight is 976 g/mol. The first kappa shape index (κ1) is 53.0. The monoisotopic (exact) mass is 976 g/mol. The predicted molar refractivity (Wildman–Crippen MR) is 265 cm³/mol. The molecule has 71 heavy (non-hydrogen) atoms. The zero-order valence-corrected chi connectivity index (χ0v) is 40.5. The molecule has 4 aromatic rings. The van der Waals surface area contributed by atoms with Crippen LogP contribution in [-0.4, -0.2) is 135 Å². The highest BCUT2D eigenvalue weighted by Crippen LogP contribution is 2.29. The largest absolute Gasteiger partial charge is 0.368 e. The maximum absolute atomic E-state index is 13.4. The van der Waals surface area contributed by atoms with Crippen LogP contribution in [0.15, 0.2) is 73.1 Å². The molecule has 378 valence electrons. The fraction of sp³-hybridized carbons (Fsp3) is 0.460. The lowest BCUT2D eigenvalue weighted by Crippen LogP contribution is -2.52. The number of anilines is 2. The molecule has 2 atom stereocenters. The minimum Gasteiger partial charge on any atom is -0.368 e. The van der Waals surface area contributed by atoms with E-state index in [1.807, 2.05) is 37.4 Å². The van der Waals surface area contributed by atoms with E-state index in [1.165, 1.54) is 25.0 Å². The summed E-state index contributed by atoms with van der Waals surface area (Å²) in [6.07, 6.45) is 12.9. The average Bonchev–Trinajstić information content (AvgIpc) is 4.00. The van der Waals surface area contributed by atoms with Gasteiger partial charge in [-0.05, 0) is 69.8 Å². The molecule has 8 N–H and O–H groups in total. The molecule has 3 aromatic heterocycles. The summed E-state index contributed by atoms with van der Waals surface area (Å²) in [6, 6.07) is 13.9. The minimum absolute atomic E-state index is 0.0789. The second-order valence-electron chi connectivity index (χ2n) is 18.0. The third-order valence-electron chi connectivity index (χ3n) is 12.0. The van der Waals surface area contributed by atoms with E-state index in [4.69, 9.17) is 20.4 Å². The summed E-state index contributed by atoms with van der Waals surface area (Å²) in [4.78, 5) is 109. The molecule has 2 aliphatic heterocycles. The lowest BCUT2D eigenvalue weighted by atomic mass is 9.95. The van der Waals surface area contributed by atoms with E-state index in [1.54, 1.807) is 30.5 Å². The lowest BCUT2D eigenvalue weighted by Gasteiger charge is -2.31. The fourth-order valence-electron chi connectivity index (χ4n) is 8.12. The molecular weight excluding hydrogens is 911 g/mol. The first-order chi connectivity index (χ1) is 34.3. The molecule has 21 nitrogen and oxygen atoms in total. The highest BCUT2D eigenvalue weighted by atomic mass is 16.5. The number of pyridine rings is 2. The molecule has 0 radical (unpaired) electrons. The van der Waals surface area contributed by atoms with Gasteiger partial charge in [0.15, 0.2) is 5.82 Å². The van der Waals surface area contributed by atoms with Crippen LogP contribution in [0.4, 0.5) is 11.8 Å². The van der Waals surface area contributed by atoms with Crippen molar-refractivity contribution in [2.24, 2.45) is 0 Å². The van der Waals surface area contributed by atoms with Crippen molar-refractivity contribution in [1.29, 1.82) is 0 Å². The number of nitrogens with two attached hydrogens (primary N) is 1. The summed E-state index contributed by atoms with van der Waals surface area (Å²) >= 11 is 0. The summed E-state index contributed by atoms with van der Waals surface area (Å²) in [5, 5.41) is 16.3. The number of nitrogens with zero attached hydrogens (tertiary/aromatic N) is 6. The van der Waals surface area contributed by atoms with Crippen LogP contribution in [0, 0.1) is 0 Å². The van der Waals surface area contributed by atoms with Crippen molar-refractivity contribution in [3.8, 4) is 11.1 Å². The van der Waals surface area contributed by atoms with Gasteiger partial charge >= 0.3 is 0 Å². The van der Waals surface area contributed by atoms with Gasteiger partial charge in [0, 0.05) is 61.6 Å². The van der Waals surface area contributed by atoms with Crippen molar-refractivity contribution in [2.45, 2.75) is 96.2 Å². The molecule has 0 saturated carbocycles. The number of ether oxygens (including phenoxy) is 1. The van der Waals surface area contributed by atoms with Gasteiger partial charge in [-0.2, -0.15) is 4.98 Å². The SMILES string of the molecule is CCCCC(C)(COCNC(=O)CNC(=O)[C@H](Cc1ccccc1)NC(=O)CNC(=O)CNC(=O)CCCCCN1C(=O)C=CC1=O)Nc1nc(N)nc2cc(-c3ccc(CN4CCCC4)nc3)cnc12. The summed E-state index contributed by atoms with van der Waals surface area (Å²) in [5.74, 6) is -2.97. The Balaban J connectivity index is 0.933. The fourth-order valence-corrected chi connectivity index (χ4v) is 8.12. The topological polar surface area (TPSA) is 285 Å². The Labute approximate surface area is 412 Å². The van der Waals surface area contributed by atoms with Crippen LogP contribution in [0.5, 0.6) is 0 Å². The summed E-state index contributed by atoms with van der Waals surface area (Å²) < 4.78 is 5.97. The molecule has 0 spiro atoms. The van der Waals surface area contributed by atoms with E-state index in [-0.39, 0.29) is 62.9 Å². The highest BCUT2D eigenvalue weighted by molar-refractivity contribution is 6.12. The van der Waals surface area contributed by atoms with Crippen molar-refractivity contribution < 1.29 is 38.3 Å². The molecule has 7 amide bonds. The number of amides is 7. The van der Waals surface area contributed by atoms with Crippen LogP contribution in [0.2, 0.25) is 0 Å². The van der Waals surface area contributed by atoms with Gasteiger partial charge in [-0.25, -0.2) is 4.98 Å². The molecule has 5 heterocycles. The maximum Gasteiger partial charge on any atom is 0.253 e. The van der Waals surface area contributed by atoms with Crippen molar-refractivity contribution >= 4 is 64.1 Å². The number of likely N-dealkylation sites (tertiary alicyclic amines) is 1. The molecule has 0 bridgehead atoms. The summed E-state index contributed by atoms with van der Waals surface area (Å²) in [5.41, 5.74) is 10.2. The van der Waals surface area contributed by atoms with E-state index >= 15 is 0 Å². The van der Waals surface area contributed by atoms with Crippen LogP contribution in [0.1, 0.15) is 82.9 Å². The number of nitrogens with one attached hydrogen (secondary N) is 6. The Bertz CT molecular complexity index is 2500. The first-order valence-electron chi connectivity index (χ1n) is 24.2. The van der Waals surface area contributed by atoms with Gasteiger partial charge < -0.3 is 42.4 Å². The Kier molecular flexibility index (Phi) is 19.8. The van der Waals surface area contributed by atoms with Crippen LogP contribution < -0.4 is 37.6 Å². The number of unbranched alkanes of at least 4 members (excludes halogenated alkanes) is 3. The van der Waals surface area contributed by atoms with E-state index in [9.17, 15) is 33.6 Å². The van der Waals surface area contributed by atoms with E-state index in [0.29, 0.717) is 42.5 Å². The second-order valence-corrected chi connectivity index (χ2v) is 18.0. The zero-order chi connectivity index (χ0) is 50.6. The van der Waals surface area contributed by atoms with Gasteiger partial charge in [0.05, 0.1) is 43.0 Å². The molecule has 1 aromatic carbocycles. The summed E-state index contributed by atoms with van der Waals surface area (Å²) in [7, 11) is 0. The predicted octanol–water partition coefficient (Wildman–Crippen LogP) is 2.28. The second kappa shape index (κ2) is 26.6. The van der Waals surface area contributed by atoms with Crippen molar-refractivity contribution in [3.63, 3.8) is 0 Å². The number of benzene rings is 1. The number of fused-ring (bicyclic) bond motifs is 1. The van der Waals surface area contributed by atoms with Crippen molar-refractivity contribution in [2.75, 3.05) is 63.7 Å². The quantitative estimate of drug-likeness (QED) is 0.0244. The zero-order valence-electron chi connectivity index (χ0n) is 40.5. The third-order valence-corrected chi connectivity index (χ3v) is 12.0. The number of nitrogen functional groups attached to an aromatic ring is 1. The lowest BCUT2D eigenvalue weighted by molar-refractivity contribution is -0.137. The van der Waals surface area contributed by atoms with Crippen LogP contribution in [0.3, 0.4) is 0 Å². The standard InChI is InChI=1S/C50H65N13O8/c1-3-4-20-50(2,61-47-46-38(59-49(51)60-47)25-36(27-55-46)35-16-17-37(52-26-35)31-62-21-11-12-22-62)32-71-33-57-42(66)29-56-48(70)39(24-34-13-7-5-8-14-34)58-43(67)30-54-41(65)28-53-40(64)15-9-6-10-23-63-44(68)18-19-45(63)69/h5,7-8,13-14,16-19,25-27,39H,3-4,6,9-12,15,20-24,28-33H2,1-2H3,(H,53,64)(H,54,65)(H,56,70)(H,57,66)(H,58,67)(H3,51,59,60,61)/t39-,50?/m0/s1. The van der Waals surface area contributed by atoms with Gasteiger partial charge in [-0.1, -0.05) is 62.6 Å². The molecule has 1 fully saturated rings. The molecule has 1 unspecified atom stereocenters. The van der Waals surface area contributed by atoms with Gasteiger partial charge in [0.2, 0.25) is 35.5 Å². The number of rotatable bonds is 28. The Morgan fingerprint density at radius 1 is 0.789 bits per heavy atom. The number of carbonyl (C=O) groups excluding carboxylic acids is 7. The Morgan fingerprint density at radius 2 is 1.49 bits per heavy atom. The molecule has 1 saturated heterocycles. The van der Waals surface area contributed by atoms with Gasteiger partial charge in [0.25, 0.3) is 11.8 Å². The molecular formula is C50H65N13O8. The third kappa shape index (κ3) is 16.9. The normalized spacial score (nSPS) is 14.8. The highest BCUT2D eigenvalue weighted by Gasteiger charge is 2.28. The maximum atomic E-state index is 13.4. The van der Waals surface area contributed by atoms with E-state index in [2.05, 4.69) is 53.7 Å². The summed E-state index contributed by atoms with van der Waals surface area (Å²) in [6.45, 7) is 6.14.